The van der Waals surface area contributed by atoms with Gasteiger partial charge in [0.15, 0.2) is 0 Å². The molecular formula is C17H29NS. The van der Waals surface area contributed by atoms with Crippen molar-refractivity contribution in [2.75, 3.05) is 0 Å². The molecule has 0 bridgehead atoms. The number of nitrogens with one attached hydrogen (secondary N) is 1. The molecule has 0 aromatic carbocycles. The zero-order valence-electron chi connectivity index (χ0n) is 12.5. The van der Waals surface area contributed by atoms with Gasteiger partial charge in [0.25, 0.3) is 0 Å². The maximum atomic E-state index is 3.87. The molecule has 0 aliphatic heterocycles. The Kier molecular flexibility index (Phi) is 6.39. The molecule has 3 unspecified atom stereocenters. The van der Waals surface area contributed by atoms with Gasteiger partial charge in [0.2, 0.25) is 0 Å². The van der Waals surface area contributed by atoms with Gasteiger partial charge in [0.05, 0.1) is 0 Å². The van der Waals surface area contributed by atoms with Gasteiger partial charge in [-0.2, -0.15) is 0 Å². The predicted octanol–water partition coefficient (Wildman–Crippen LogP) is 5.02. The molecule has 19 heavy (non-hydrogen) atoms. The van der Waals surface area contributed by atoms with E-state index < -0.39 is 0 Å². The van der Waals surface area contributed by atoms with Crippen molar-refractivity contribution in [3.05, 3.63) is 22.4 Å². The first-order valence-corrected chi connectivity index (χ1v) is 8.94. The number of rotatable bonds is 6. The summed E-state index contributed by atoms with van der Waals surface area (Å²) in [4.78, 5) is 1.51. The normalized spacial score (nSPS) is 26.0. The molecule has 1 nitrogen and oxygen atoms in total. The van der Waals surface area contributed by atoms with Gasteiger partial charge in [0, 0.05) is 17.0 Å². The second kappa shape index (κ2) is 8.06. The van der Waals surface area contributed by atoms with E-state index >= 15 is 0 Å². The molecule has 3 atom stereocenters. The minimum atomic E-state index is 0.617. The summed E-state index contributed by atoms with van der Waals surface area (Å²) in [5.41, 5.74) is 0. The van der Waals surface area contributed by atoms with E-state index in [0.717, 1.165) is 12.0 Å². The average molecular weight is 279 g/mol. The zero-order valence-corrected chi connectivity index (χ0v) is 13.3. The van der Waals surface area contributed by atoms with E-state index in [1.165, 1.54) is 56.2 Å². The van der Waals surface area contributed by atoms with Crippen molar-refractivity contribution in [1.82, 2.24) is 5.32 Å². The Labute approximate surface area is 122 Å². The first-order valence-electron chi connectivity index (χ1n) is 8.06. The van der Waals surface area contributed by atoms with Crippen LogP contribution in [0.2, 0.25) is 0 Å². The number of hydrogen-bond acceptors (Lipinski definition) is 2. The minimum absolute atomic E-state index is 0.617. The lowest BCUT2D eigenvalue weighted by molar-refractivity contribution is 0.389. The summed E-state index contributed by atoms with van der Waals surface area (Å²) in [5.74, 6) is 1.00. The predicted molar refractivity (Wildman–Crippen MR) is 85.9 cm³/mol. The summed E-state index contributed by atoms with van der Waals surface area (Å²) in [7, 11) is 0. The van der Waals surface area contributed by atoms with Gasteiger partial charge in [0.1, 0.15) is 0 Å². The molecule has 2 heteroatoms. The van der Waals surface area contributed by atoms with E-state index in [-0.39, 0.29) is 0 Å². The summed E-state index contributed by atoms with van der Waals surface area (Å²) < 4.78 is 0. The van der Waals surface area contributed by atoms with Crippen molar-refractivity contribution >= 4 is 11.3 Å². The molecule has 2 rings (SSSR count). The fourth-order valence-corrected chi connectivity index (χ4v) is 4.27. The Morgan fingerprint density at radius 3 is 2.95 bits per heavy atom. The molecule has 1 N–H and O–H groups in total. The third-order valence-electron chi connectivity index (χ3n) is 4.39. The van der Waals surface area contributed by atoms with Gasteiger partial charge in [-0.15, -0.1) is 11.3 Å². The lowest BCUT2D eigenvalue weighted by atomic mass is 9.95. The molecule has 0 radical (unpaired) electrons. The second-order valence-electron chi connectivity index (χ2n) is 6.21. The van der Waals surface area contributed by atoms with E-state index in [4.69, 9.17) is 0 Å². The second-order valence-corrected chi connectivity index (χ2v) is 7.24. The van der Waals surface area contributed by atoms with Crippen LogP contribution in [0.5, 0.6) is 0 Å². The molecule has 0 spiro atoms. The first-order chi connectivity index (χ1) is 9.28. The average Bonchev–Trinajstić information content (AvgIpc) is 2.78. The van der Waals surface area contributed by atoms with Crippen molar-refractivity contribution in [2.45, 2.75) is 77.3 Å². The van der Waals surface area contributed by atoms with Crippen molar-refractivity contribution in [2.24, 2.45) is 5.92 Å². The third-order valence-corrected chi connectivity index (χ3v) is 5.29. The maximum absolute atomic E-state index is 3.87. The van der Waals surface area contributed by atoms with Crippen LogP contribution in [0.3, 0.4) is 0 Å². The summed E-state index contributed by atoms with van der Waals surface area (Å²) >= 11 is 1.88. The Morgan fingerprint density at radius 1 is 1.32 bits per heavy atom. The third kappa shape index (κ3) is 5.27. The van der Waals surface area contributed by atoms with Crippen molar-refractivity contribution in [3.8, 4) is 0 Å². The van der Waals surface area contributed by atoms with Crippen molar-refractivity contribution in [1.29, 1.82) is 0 Å². The highest BCUT2D eigenvalue weighted by Crippen LogP contribution is 2.27. The molecule has 1 heterocycles. The molecule has 1 aliphatic carbocycles. The molecule has 0 saturated heterocycles. The van der Waals surface area contributed by atoms with Crippen LogP contribution >= 0.6 is 11.3 Å². The summed E-state index contributed by atoms with van der Waals surface area (Å²) in [6, 6.07) is 5.80. The fourth-order valence-electron chi connectivity index (χ4n) is 3.43. The van der Waals surface area contributed by atoms with Gasteiger partial charge in [-0.3, -0.25) is 0 Å². The van der Waals surface area contributed by atoms with E-state index in [1.54, 1.807) is 0 Å². The smallest absolute Gasteiger partial charge is 0.00896 e. The summed E-state index contributed by atoms with van der Waals surface area (Å²) in [6.45, 7) is 4.66. The molecule has 108 valence electrons. The van der Waals surface area contributed by atoms with Crippen LogP contribution in [0.25, 0.3) is 0 Å². The van der Waals surface area contributed by atoms with Crippen molar-refractivity contribution < 1.29 is 0 Å². The SMILES string of the molecule is CCCC1CCCC(NC(C)Cc2cccs2)CC1. The molecule has 1 fully saturated rings. The Bertz CT molecular complexity index is 333. The van der Waals surface area contributed by atoms with Crippen LogP contribution in [-0.4, -0.2) is 12.1 Å². The standard InChI is InChI=1S/C17H29NS/c1-3-6-15-7-4-8-16(11-10-15)18-14(2)13-17-9-5-12-19-17/h5,9,12,14-16,18H,3-4,6-8,10-11,13H2,1-2H3. The van der Waals surface area contributed by atoms with Gasteiger partial charge in [-0.1, -0.05) is 38.7 Å². The molecular weight excluding hydrogens is 250 g/mol. The van der Waals surface area contributed by atoms with Gasteiger partial charge >= 0.3 is 0 Å². The largest absolute Gasteiger partial charge is 0.311 e. The van der Waals surface area contributed by atoms with Gasteiger partial charge < -0.3 is 5.32 Å². The summed E-state index contributed by atoms with van der Waals surface area (Å²) in [6.07, 6.45) is 11.1. The Balaban J connectivity index is 1.73. The lowest BCUT2D eigenvalue weighted by Crippen LogP contribution is -2.37. The fraction of sp³-hybridized carbons (Fsp3) is 0.765. The highest BCUT2D eigenvalue weighted by atomic mass is 32.1. The number of thiophene rings is 1. The first kappa shape index (κ1) is 15.1. The van der Waals surface area contributed by atoms with Gasteiger partial charge in [-0.25, -0.2) is 0 Å². The zero-order chi connectivity index (χ0) is 13.5. The van der Waals surface area contributed by atoms with Crippen LogP contribution < -0.4 is 5.32 Å². The molecule has 0 amide bonds. The summed E-state index contributed by atoms with van der Waals surface area (Å²) in [5, 5.41) is 6.05. The van der Waals surface area contributed by atoms with Crippen LogP contribution in [-0.2, 0) is 6.42 Å². The Morgan fingerprint density at radius 2 is 2.21 bits per heavy atom. The molecule has 1 aromatic rings. The molecule has 1 saturated carbocycles. The van der Waals surface area contributed by atoms with Crippen LogP contribution in [0.1, 0.15) is 63.7 Å². The lowest BCUT2D eigenvalue weighted by Gasteiger charge is -2.22. The maximum Gasteiger partial charge on any atom is 0.00896 e. The van der Waals surface area contributed by atoms with Crippen molar-refractivity contribution in [3.63, 3.8) is 0 Å². The van der Waals surface area contributed by atoms with Crippen LogP contribution in [0.15, 0.2) is 17.5 Å². The minimum Gasteiger partial charge on any atom is -0.311 e. The molecule has 1 aliphatic rings. The highest BCUT2D eigenvalue weighted by Gasteiger charge is 2.19. The highest BCUT2D eigenvalue weighted by molar-refractivity contribution is 7.09. The Hall–Kier alpha value is -0.340. The van der Waals surface area contributed by atoms with Crippen LogP contribution in [0.4, 0.5) is 0 Å². The van der Waals surface area contributed by atoms with E-state index in [0.29, 0.717) is 6.04 Å². The number of hydrogen-bond donors (Lipinski definition) is 1. The van der Waals surface area contributed by atoms with Crippen LogP contribution in [0, 0.1) is 5.92 Å². The van der Waals surface area contributed by atoms with E-state index in [2.05, 4.69) is 36.7 Å². The van der Waals surface area contributed by atoms with E-state index in [9.17, 15) is 0 Å². The topological polar surface area (TPSA) is 12.0 Å². The quantitative estimate of drug-likeness (QED) is 0.721. The molecule has 1 aromatic heterocycles. The van der Waals surface area contributed by atoms with Gasteiger partial charge in [-0.05, 0) is 50.0 Å². The van der Waals surface area contributed by atoms with E-state index in [1.807, 2.05) is 11.3 Å². The monoisotopic (exact) mass is 279 g/mol.